The first-order valence-electron chi connectivity index (χ1n) is 8.99. The van der Waals surface area contributed by atoms with Crippen molar-refractivity contribution in [2.24, 2.45) is 0 Å². The van der Waals surface area contributed by atoms with Crippen molar-refractivity contribution in [2.45, 2.75) is 50.1 Å². The number of likely N-dealkylation sites (tertiary alicyclic amines) is 1. The van der Waals surface area contributed by atoms with Crippen LogP contribution >= 0.6 is 15.9 Å². The molecule has 1 aliphatic rings. The first kappa shape index (κ1) is 19.9. The van der Waals surface area contributed by atoms with E-state index >= 15 is 0 Å². The van der Waals surface area contributed by atoms with Crippen molar-refractivity contribution in [3.63, 3.8) is 0 Å². The molecule has 1 fully saturated rings. The lowest BCUT2D eigenvalue weighted by Crippen LogP contribution is -2.47. The molecule has 2 aromatic carbocycles. The highest BCUT2D eigenvalue weighted by atomic mass is 79.9. The molecule has 5 nitrogen and oxygen atoms in total. The quantitative estimate of drug-likeness (QED) is 0.736. The average molecular weight is 451 g/mol. The Balaban J connectivity index is 1.93. The van der Waals surface area contributed by atoms with E-state index < -0.39 is 10.0 Å². The predicted molar refractivity (Wildman–Crippen MR) is 110 cm³/mol. The minimum Gasteiger partial charge on any atom is -0.333 e. The van der Waals surface area contributed by atoms with Gasteiger partial charge in [0, 0.05) is 27.8 Å². The highest BCUT2D eigenvalue weighted by Gasteiger charge is 2.30. The molecule has 7 heteroatoms. The number of carbonyl (C=O) groups is 1. The fourth-order valence-electron chi connectivity index (χ4n) is 3.53. The Morgan fingerprint density at radius 3 is 2.33 bits per heavy atom. The molecule has 0 spiro atoms. The zero-order valence-electron chi connectivity index (χ0n) is 15.4. The summed E-state index contributed by atoms with van der Waals surface area (Å²) in [6.45, 7) is 4.09. The molecule has 144 valence electrons. The van der Waals surface area contributed by atoms with Crippen molar-refractivity contribution in [3.8, 4) is 0 Å². The van der Waals surface area contributed by atoms with E-state index in [-0.39, 0.29) is 22.9 Å². The lowest BCUT2D eigenvalue weighted by atomic mass is 9.96. The normalized spacial score (nSPS) is 20.3. The summed E-state index contributed by atoms with van der Waals surface area (Å²) in [5.74, 6) is -0.127. The highest BCUT2D eigenvalue weighted by Crippen LogP contribution is 2.29. The number of sulfonamides is 1. The number of carbonyl (C=O) groups excluding carboxylic acids is 1. The number of nitrogens with one attached hydrogen (secondary N) is 1. The third kappa shape index (κ3) is 4.35. The van der Waals surface area contributed by atoms with E-state index in [0.717, 1.165) is 19.3 Å². The van der Waals surface area contributed by atoms with Gasteiger partial charge in [-0.05, 0) is 79.4 Å². The minimum absolute atomic E-state index is 0.0505. The van der Waals surface area contributed by atoms with Crippen molar-refractivity contribution in [1.82, 2.24) is 4.90 Å². The molecular weight excluding hydrogens is 428 g/mol. The Bertz CT molecular complexity index is 921. The first-order chi connectivity index (χ1) is 12.8. The van der Waals surface area contributed by atoms with Crippen LogP contribution in [0.4, 0.5) is 5.69 Å². The van der Waals surface area contributed by atoms with Gasteiger partial charge >= 0.3 is 0 Å². The maximum Gasteiger partial charge on any atom is 0.263 e. The van der Waals surface area contributed by atoms with Crippen LogP contribution in [0.3, 0.4) is 0 Å². The molecule has 0 aromatic heterocycles. The van der Waals surface area contributed by atoms with Gasteiger partial charge in [-0.15, -0.1) is 0 Å². The van der Waals surface area contributed by atoms with Gasteiger partial charge in [0.25, 0.3) is 15.9 Å². The predicted octanol–water partition coefficient (Wildman–Crippen LogP) is 4.65. The smallest absolute Gasteiger partial charge is 0.263 e. The largest absolute Gasteiger partial charge is 0.333 e. The molecule has 2 atom stereocenters. The number of hydrogen-bond acceptors (Lipinski definition) is 3. The molecule has 1 amide bonds. The molecule has 27 heavy (non-hydrogen) atoms. The zero-order chi connectivity index (χ0) is 19.6. The van der Waals surface area contributed by atoms with Gasteiger partial charge in [-0.2, -0.15) is 0 Å². The number of nitrogens with zero attached hydrogens (tertiary/aromatic N) is 1. The van der Waals surface area contributed by atoms with Gasteiger partial charge in [0.2, 0.25) is 0 Å². The summed E-state index contributed by atoms with van der Waals surface area (Å²) in [4.78, 5) is 15.0. The summed E-state index contributed by atoms with van der Waals surface area (Å²) in [5, 5.41) is 0. The van der Waals surface area contributed by atoms with Gasteiger partial charge in [-0.1, -0.05) is 18.2 Å². The SMILES string of the molecule is C[C@@H]1CCC[C@@H](C)N1C(=O)c1ccc(Br)c(S(=O)(=O)Nc2ccccc2)c1. The van der Waals surface area contributed by atoms with E-state index in [1.807, 2.05) is 24.8 Å². The molecule has 1 heterocycles. The van der Waals surface area contributed by atoms with E-state index in [9.17, 15) is 13.2 Å². The monoisotopic (exact) mass is 450 g/mol. The van der Waals surface area contributed by atoms with E-state index in [2.05, 4.69) is 20.7 Å². The summed E-state index contributed by atoms with van der Waals surface area (Å²) in [6, 6.07) is 13.7. The number of piperidine rings is 1. The van der Waals surface area contributed by atoms with E-state index in [0.29, 0.717) is 15.7 Å². The fourth-order valence-corrected chi connectivity index (χ4v) is 5.58. The third-order valence-corrected chi connectivity index (χ3v) is 7.30. The van der Waals surface area contributed by atoms with Crippen LogP contribution in [0.2, 0.25) is 0 Å². The molecule has 0 aliphatic carbocycles. The van der Waals surface area contributed by atoms with Gasteiger partial charge in [-0.25, -0.2) is 8.42 Å². The molecule has 1 aliphatic heterocycles. The molecule has 0 bridgehead atoms. The Hall–Kier alpha value is -1.86. The van der Waals surface area contributed by atoms with Gasteiger partial charge in [0.05, 0.1) is 0 Å². The number of benzene rings is 2. The molecule has 3 rings (SSSR count). The van der Waals surface area contributed by atoms with Crippen molar-refractivity contribution in [3.05, 3.63) is 58.6 Å². The van der Waals surface area contributed by atoms with Crippen LogP contribution in [0, 0.1) is 0 Å². The molecule has 0 unspecified atom stereocenters. The molecule has 0 radical (unpaired) electrons. The van der Waals surface area contributed by atoms with Crippen LogP contribution in [-0.2, 0) is 10.0 Å². The topological polar surface area (TPSA) is 66.5 Å². The third-order valence-electron chi connectivity index (χ3n) is 4.92. The van der Waals surface area contributed by atoms with E-state index in [1.165, 1.54) is 6.07 Å². The minimum atomic E-state index is -3.83. The lowest BCUT2D eigenvalue weighted by Gasteiger charge is -2.39. The number of halogens is 1. The second-order valence-corrected chi connectivity index (χ2v) is 9.46. The van der Waals surface area contributed by atoms with Crippen LogP contribution in [0.15, 0.2) is 57.9 Å². The van der Waals surface area contributed by atoms with Gasteiger partial charge in [0.1, 0.15) is 4.90 Å². The Morgan fingerprint density at radius 2 is 1.70 bits per heavy atom. The summed E-state index contributed by atoms with van der Waals surface area (Å²) >= 11 is 3.30. The van der Waals surface area contributed by atoms with E-state index in [4.69, 9.17) is 0 Å². The van der Waals surface area contributed by atoms with Crippen LogP contribution in [0.5, 0.6) is 0 Å². The highest BCUT2D eigenvalue weighted by molar-refractivity contribution is 9.10. The van der Waals surface area contributed by atoms with Gasteiger partial charge < -0.3 is 4.90 Å². The maximum absolute atomic E-state index is 13.1. The Labute approximate surface area is 169 Å². The summed E-state index contributed by atoms with van der Waals surface area (Å²) in [6.07, 6.45) is 3.04. The second kappa shape index (κ2) is 8.02. The summed E-state index contributed by atoms with van der Waals surface area (Å²) in [7, 11) is -3.83. The number of hydrogen-bond donors (Lipinski definition) is 1. The van der Waals surface area contributed by atoms with Crippen molar-refractivity contribution in [2.75, 3.05) is 4.72 Å². The second-order valence-electron chi connectivity index (χ2n) is 6.96. The Kier molecular flexibility index (Phi) is 5.91. The molecule has 2 aromatic rings. The van der Waals surface area contributed by atoms with Crippen molar-refractivity contribution < 1.29 is 13.2 Å². The maximum atomic E-state index is 13.1. The van der Waals surface area contributed by atoms with E-state index in [1.54, 1.807) is 36.4 Å². The van der Waals surface area contributed by atoms with Crippen LogP contribution < -0.4 is 4.72 Å². The summed E-state index contributed by atoms with van der Waals surface area (Å²) < 4.78 is 28.6. The van der Waals surface area contributed by atoms with Crippen LogP contribution in [0.1, 0.15) is 43.5 Å². The van der Waals surface area contributed by atoms with Crippen LogP contribution in [0.25, 0.3) is 0 Å². The molecular formula is C20H23BrN2O3S. The van der Waals surface area contributed by atoms with Crippen molar-refractivity contribution >= 4 is 37.5 Å². The average Bonchev–Trinajstić information content (AvgIpc) is 2.62. The van der Waals surface area contributed by atoms with Crippen molar-refractivity contribution in [1.29, 1.82) is 0 Å². The standard InChI is InChI=1S/C20H23BrN2O3S/c1-14-7-6-8-15(2)23(14)20(24)16-11-12-18(21)19(13-16)27(25,26)22-17-9-4-3-5-10-17/h3-5,9-15,22H,6-8H2,1-2H3/t14-,15-/m1/s1. The number of amides is 1. The summed E-state index contributed by atoms with van der Waals surface area (Å²) in [5.41, 5.74) is 0.853. The van der Waals surface area contributed by atoms with Gasteiger partial charge in [0.15, 0.2) is 0 Å². The Morgan fingerprint density at radius 1 is 1.07 bits per heavy atom. The molecule has 1 saturated heterocycles. The molecule has 0 saturated carbocycles. The zero-order valence-corrected chi connectivity index (χ0v) is 17.8. The van der Waals surface area contributed by atoms with Crippen LogP contribution in [-0.4, -0.2) is 31.3 Å². The van der Waals surface area contributed by atoms with Gasteiger partial charge in [-0.3, -0.25) is 9.52 Å². The number of para-hydroxylation sites is 1. The lowest BCUT2D eigenvalue weighted by molar-refractivity contribution is 0.0510. The fraction of sp³-hybridized carbons (Fsp3) is 0.350. The number of rotatable bonds is 4. The number of anilines is 1. The molecule has 1 N–H and O–H groups in total. The first-order valence-corrected chi connectivity index (χ1v) is 11.3.